The summed E-state index contributed by atoms with van der Waals surface area (Å²) < 4.78 is 81.4. The van der Waals surface area contributed by atoms with Gasteiger partial charge < -0.3 is 8.92 Å². The van der Waals surface area contributed by atoms with Gasteiger partial charge in [-0.2, -0.15) is 8.42 Å². The fourth-order valence-corrected chi connectivity index (χ4v) is 2.42. The molecule has 0 unspecified atom stereocenters. The summed E-state index contributed by atoms with van der Waals surface area (Å²) in [7, 11) is -4.37. The van der Waals surface area contributed by atoms with Gasteiger partial charge in [-0.25, -0.2) is 4.39 Å². The Balaban J connectivity index is 2.22. The Morgan fingerprint density at radius 2 is 1.50 bits per heavy atom. The number of rotatable bonds is 4. The van der Waals surface area contributed by atoms with Crippen LogP contribution in [0.1, 0.15) is 0 Å². The van der Waals surface area contributed by atoms with Crippen LogP contribution in [-0.4, -0.2) is 14.8 Å². The van der Waals surface area contributed by atoms with Crippen molar-refractivity contribution in [1.82, 2.24) is 0 Å². The van der Waals surface area contributed by atoms with Crippen LogP contribution in [0.3, 0.4) is 0 Å². The highest BCUT2D eigenvalue weighted by Crippen LogP contribution is 2.26. The first-order valence-corrected chi connectivity index (χ1v) is 7.13. The first kappa shape index (κ1) is 16.1. The first-order valence-electron chi connectivity index (χ1n) is 5.72. The Bertz CT molecular complexity index is 754. The quantitative estimate of drug-likeness (QED) is 0.633. The molecule has 118 valence electrons. The van der Waals surface area contributed by atoms with Gasteiger partial charge in [0.25, 0.3) is 0 Å². The summed E-state index contributed by atoms with van der Waals surface area (Å²) >= 11 is 0. The summed E-state index contributed by atoms with van der Waals surface area (Å²) in [6.45, 7) is 0. The molecule has 0 N–H and O–H groups in total. The van der Waals surface area contributed by atoms with Crippen LogP contribution in [0.5, 0.6) is 11.5 Å². The molecule has 0 atom stereocenters. The summed E-state index contributed by atoms with van der Waals surface area (Å²) in [5, 5.41) is 0. The maximum absolute atomic E-state index is 13.4. The van der Waals surface area contributed by atoms with Crippen molar-refractivity contribution >= 4 is 10.1 Å². The maximum atomic E-state index is 13.4. The van der Waals surface area contributed by atoms with Crippen molar-refractivity contribution in [2.75, 3.05) is 0 Å². The molecule has 0 amide bonds. The Kier molecular flexibility index (Phi) is 4.27. The van der Waals surface area contributed by atoms with E-state index in [1.807, 2.05) is 0 Å². The normalized spacial score (nSPS) is 12.0. The lowest BCUT2D eigenvalue weighted by molar-refractivity contribution is -0.274. The Hall–Kier alpha value is -2.29. The van der Waals surface area contributed by atoms with Crippen molar-refractivity contribution in [3.8, 4) is 11.5 Å². The molecule has 2 aromatic carbocycles. The average Bonchev–Trinajstić information content (AvgIpc) is 2.40. The minimum Gasteiger partial charge on any atom is -0.406 e. The molecule has 2 rings (SSSR count). The van der Waals surface area contributed by atoms with E-state index in [0.717, 1.165) is 36.4 Å². The molecule has 22 heavy (non-hydrogen) atoms. The Morgan fingerprint density at radius 3 is 2.05 bits per heavy atom. The highest BCUT2D eigenvalue weighted by molar-refractivity contribution is 7.87. The van der Waals surface area contributed by atoms with Crippen LogP contribution in [0.2, 0.25) is 0 Å². The fraction of sp³-hybridized carbons (Fsp3) is 0.0769. The van der Waals surface area contributed by atoms with Gasteiger partial charge in [-0.1, -0.05) is 12.1 Å². The number of hydrogen-bond acceptors (Lipinski definition) is 4. The summed E-state index contributed by atoms with van der Waals surface area (Å²) in [4.78, 5) is -0.440. The van der Waals surface area contributed by atoms with Gasteiger partial charge in [0, 0.05) is 0 Å². The van der Waals surface area contributed by atoms with E-state index in [-0.39, 0.29) is 0 Å². The highest BCUT2D eigenvalue weighted by atomic mass is 32.2. The molecule has 4 nitrogen and oxygen atoms in total. The number of halogens is 4. The standard InChI is InChI=1S/C13H8F4O4S/c14-11-3-1-2-4-12(11)21-22(18,19)10-7-5-9(6-8-10)20-13(15,16)17/h1-8H. The van der Waals surface area contributed by atoms with Gasteiger partial charge in [-0.3, -0.25) is 0 Å². The molecule has 0 radical (unpaired) electrons. The molecule has 0 aliphatic heterocycles. The second-order valence-corrected chi connectivity index (χ2v) is 5.53. The van der Waals surface area contributed by atoms with Crippen LogP contribution in [0.4, 0.5) is 17.6 Å². The molecule has 0 heterocycles. The van der Waals surface area contributed by atoms with Crippen LogP contribution >= 0.6 is 0 Å². The molecule has 0 aliphatic rings. The lowest BCUT2D eigenvalue weighted by atomic mass is 10.3. The van der Waals surface area contributed by atoms with Gasteiger partial charge in [-0.05, 0) is 36.4 Å². The van der Waals surface area contributed by atoms with Crippen LogP contribution in [0.15, 0.2) is 53.4 Å². The molecule has 0 aliphatic carbocycles. The minimum absolute atomic E-state index is 0.440. The number of alkyl halides is 3. The van der Waals surface area contributed by atoms with Crippen molar-refractivity contribution in [2.45, 2.75) is 11.3 Å². The summed E-state index contributed by atoms with van der Waals surface area (Å²) in [6, 6.07) is 8.16. The molecule has 2 aromatic rings. The lowest BCUT2D eigenvalue weighted by Crippen LogP contribution is -2.17. The van der Waals surface area contributed by atoms with Gasteiger partial charge in [0.05, 0.1) is 0 Å². The number of hydrogen-bond donors (Lipinski definition) is 0. The smallest absolute Gasteiger partial charge is 0.406 e. The lowest BCUT2D eigenvalue weighted by Gasteiger charge is -2.10. The zero-order valence-electron chi connectivity index (χ0n) is 10.7. The fourth-order valence-electron chi connectivity index (χ4n) is 1.49. The molecule has 0 fully saturated rings. The number of para-hydroxylation sites is 1. The van der Waals surface area contributed by atoms with Crippen molar-refractivity contribution < 1.29 is 34.9 Å². The molecular weight excluding hydrogens is 328 g/mol. The maximum Gasteiger partial charge on any atom is 0.573 e. The Morgan fingerprint density at radius 1 is 0.909 bits per heavy atom. The molecule has 9 heteroatoms. The van der Waals surface area contributed by atoms with Gasteiger partial charge in [-0.15, -0.1) is 13.2 Å². The second-order valence-electron chi connectivity index (χ2n) is 3.99. The van der Waals surface area contributed by atoms with Gasteiger partial charge in [0.1, 0.15) is 10.6 Å². The third kappa shape index (κ3) is 4.10. The third-order valence-electron chi connectivity index (χ3n) is 2.38. The van der Waals surface area contributed by atoms with Crippen LogP contribution in [0, 0.1) is 5.82 Å². The first-order chi connectivity index (χ1) is 10.2. The summed E-state index contributed by atoms with van der Waals surface area (Å²) in [5.41, 5.74) is 0. The monoisotopic (exact) mass is 336 g/mol. The molecule has 0 saturated heterocycles. The Labute approximate surface area is 123 Å². The topological polar surface area (TPSA) is 52.6 Å². The average molecular weight is 336 g/mol. The van der Waals surface area contributed by atoms with E-state index in [1.54, 1.807) is 0 Å². The van der Waals surface area contributed by atoms with Crippen molar-refractivity contribution in [3.63, 3.8) is 0 Å². The van der Waals surface area contributed by atoms with Crippen molar-refractivity contribution in [3.05, 3.63) is 54.3 Å². The van der Waals surface area contributed by atoms with E-state index >= 15 is 0 Å². The molecule has 0 saturated carbocycles. The van der Waals surface area contributed by atoms with Crippen LogP contribution in [-0.2, 0) is 10.1 Å². The zero-order valence-corrected chi connectivity index (χ0v) is 11.5. The van der Waals surface area contributed by atoms with Crippen molar-refractivity contribution in [1.29, 1.82) is 0 Å². The van der Waals surface area contributed by atoms with E-state index in [4.69, 9.17) is 0 Å². The predicted molar refractivity (Wildman–Crippen MR) is 67.3 cm³/mol. The predicted octanol–water partition coefficient (Wildman–Crippen LogP) is 3.49. The van der Waals surface area contributed by atoms with E-state index in [0.29, 0.717) is 0 Å². The summed E-state index contributed by atoms with van der Waals surface area (Å²) in [5.74, 6) is -1.99. The van der Waals surface area contributed by atoms with Gasteiger partial charge >= 0.3 is 16.5 Å². The summed E-state index contributed by atoms with van der Waals surface area (Å²) in [6.07, 6.45) is -4.88. The van der Waals surface area contributed by atoms with Gasteiger partial charge in [0.2, 0.25) is 0 Å². The second kappa shape index (κ2) is 5.84. The van der Waals surface area contributed by atoms with E-state index in [9.17, 15) is 26.0 Å². The van der Waals surface area contributed by atoms with E-state index in [2.05, 4.69) is 8.92 Å². The van der Waals surface area contributed by atoms with Crippen LogP contribution < -0.4 is 8.92 Å². The molecule has 0 bridgehead atoms. The van der Waals surface area contributed by atoms with Crippen molar-refractivity contribution in [2.24, 2.45) is 0 Å². The largest absolute Gasteiger partial charge is 0.573 e. The highest BCUT2D eigenvalue weighted by Gasteiger charge is 2.31. The number of ether oxygens (including phenoxy) is 1. The zero-order chi connectivity index (χ0) is 16.4. The molecule has 0 spiro atoms. The van der Waals surface area contributed by atoms with Crippen LogP contribution in [0.25, 0.3) is 0 Å². The molecule has 0 aromatic heterocycles. The third-order valence-corrected chi connectivity index (χ3v) is 3.63. The minimum atomic E-state index is -4.88. The van der Waals surface area contributed by atoms with E-state index < -0.39 is 38.7 Å². The van der Waals surface area contributed by atoms with E-state index in [1.165, 1.54) is 12.1 Å². The molecular formula is C13H8F4O4S. The number of benzene rings is 2. The SMILES string of the molecule is O=S(=O)(Oc1ccccc1F)c1ccc(OC(F)(F)F)cc1. The van der Waals surface area contributed by atoms with Gasteiger partial charge in [0.15, 0.2) is 11.6 Å².